The number of hydrogen-bond acceptors (Lipinski definition) is 4. The predicted octanol–water partition coefficient (Wildman–Crippen LogP) is 5.30. The lowest BCUT2D eigenvalue weighted by Crippen LogP contribution is -2.41. The molecule has 6 heteroatoms. The maximum atomic E-state index is 13.3. The van der Waals surface area contributed by atoms with E-state index >= 15 is 0 Å². The maximum absolute atomic E-state index is 13.3. The van der Waals surface area contributed by atoms with Gasteiger partial charge in [0.25, 0.3) is 0 Å². The Morgan fingerprint density at radius 2 is 1.70 bits per heavy atom. The zero-order chi connectivity index (χ0) is 22.6. The van der Waals surface area contributed by atoms with Crippen molar-refractivity contribution in [1.29, 1.82) is 0 Å². The first kappa shape index (κ1) is 21.1. The highest BCUT2D eigenvalue weighted by Gasteiger charge is 2.29. The number of carbonyl (C=O) groups excluding carboxylic acids is 1. The molecule has 1 aliphatic heterocycles. The Morgan fingerprint density at radius 1 is 0.909 bits per heavy atom. The summed E-state index contributed by atoms with van der Waals surface area (Å²) >= 11 is 0. The largest absolute Gasteiger partial charge is 0.392 e. The molecule has 33 heavy (non-hydrogen) atoms. The molecule has 0 unspecified atom stereocenters. The fourth-order valence-corrected chi connectivity index (χ4v) is 4.49. The molecule has 6 nitrogen and oxygen atoms in total. The molecule has 0 aliphatic carbocycles. The summed E-state index contributed by atoms with van der Waals surface area (Å²) in [6, 6.07) is 26.0. The molecular formula is C27H26N4O2. The van der Waals surface area contributed by atoms with E-state index in [0.29, 0.717) is 5.69 Å². The number of aliphatic hydroxyl groups is 1. The molecule has 0 saturated carbocycles. The van der Waals surface area contributed by atoms with Crippen molar-refractivity contribution in [2.45, 2.75) is 31.9 Å². The van der Waals surface area contributed by atoms with Gasteiger partial charge in [0.05, 0.1) is 18.8 Å². The minimum atomic E-state index is -0.139. The van der Waals surface area contributed by atoms with E-state index in [-0.39, 0.29) is 18.7 Å². The zero-order valence-electron chi connectivity index (χ0n) is 18.3. The molecule has 3 aromatic carbocycles. The lowest BCUT2D eigenvalue weighted by atomic mass is 9.96. The van der Waals surface area contributed by atoms with Crippen molar-refractivity contribution in [2.75, 3.05) is 6.54 Å². The number of benzene rings is 3. The second-order valence-corrected chi connectivity index (χ2v) is 8.38. The second kappa shape index (κ2) is 9.38. The molecule has 0 radical (unpaired) electrons. The van der Waals surface area contributed by atoms with Crippen LogP contribution in [0.2, 0.25) is 0 Å². The Labute approximate surface area is 193 Å². The van der Waals surface area contributed by atoms with Crippen LogP contribution in [0.5, 0.6) is 0 Å². The van der Waals surface area contributed by atoms with Crippen LogP contribution < -0.4 is 0 Å². The van der Waals surface area contributed by atoms with Crippen LogP contribution in [-0.2, 0) is 6.61 Å². The smallest absolute Gasteiger partial charge is 0.346 e. The highest BCUT2D eigenvalue weighted by molar-refractivity contribution is 5.78. The Balaban J connectivity index is 1.35. The van der Waals surface area contributed by atoms with Crippen molar-refractivity contribution in [3.8, 4) is 22.4 Å². The van der Waals surface area contributed by atoms with Gasteiger partial charge in [-0.2, -0.15) is 4.68 Å². The number of piperidine rings is 1. The van der Waals surface area contributed by atoms with Gasteiger partial charge in [0, 0.05) is 12.1 Å². The first-order chi connectivity index (χ1) is 16.2. The monoisotopic (exact) mass is 438 g/mol. The van der Waals surface area contributed by atoms with Crippen LogP contribution in [0.1, 0.15) is 36.4 Å². The standard InChI is InChI=1S/C27H26N4O2/c32-19-20-7-6-10-24(17-20)21-12-14-22(15-13-21)25-18-31(29-28-25)27(33)30-16-5-4-11-26(30)23-8-2-1-3-9-23/h1-3,6-10,12-15,17-18,26,32H,4-5,11,16,19H2/t26-/m0/s1. The molecule has 1 fully saturated rings. The van der Waals surface area contributed by atoms with Crippen molar-refractivity contribution < 1.29 is 9.90 Å². The van der Waals surface area contributed by atoms with Gasteiger partial charge in [-0.05, 0) is 47.6 Å². The third-order valence-corrected chi connectivity index (χ3v) is 6.25. The minimum absolute atomic E-state index is 0.0191. The lowest BCUT2D eigenvalue weighted by Gasteiger charge is -2.35. The summed E-state index contributed by atoms with van der Waals surface area (Å²) in [6.07, 6.45) is 4.77. The number of amides is 1. The summed E-state index contributed by atoms with van der Waals surface area (Å²) in [5, 5.41) is 17.8. The summed E-state index contributed by atoms with van der Waals surface area (Å²) in [5.74, 6) is 0. The van der Waals surface area contributed by atoms with Gasteiger partial charge in [-0.1, -0.05) is 78.0 Å². The first-order valence-electron chi connectivity index (χ1n) is 11.3. The van der Waals surface area contributed by atoms with Crippen LogP contribution in [-0.4, -0.2) is 37.6 Å². The normalized spacial score (nSPS) is 16.0. The van der Waals surface area contributed by atoms with Gasteiger partial charge in [0.15, 0.2) is 0 Å². The summed E-state index contributed by atoms with van der Waals surface area (Å²) in [7, 11) is 0. The van der Waals surface area contributed by atoms with Crippen molar-refractivity contribution in [3.63, 3.8) is 0 Å². The third-order valence-electron chi connectivity index (χ3n) is 6.25. The SMILES string of the molecule is O=C(N1CCCC[C@H]1c1ccccc1)n1cc(-c2ccc(-c3cccc(CO)c3)cc2)nn1. The fourth-order valence-electron chi connectivity index (χ4n) is 4.49. The van der Waals surface area contributed by atoms with Gasteiger partial charge in [-0.15, -0.1) is 5.10 Å². The predicted molar refractivity (Wildman–Crippen MR) is 127 cm³/mol. The van der Waals surface area contributed by atoms with E-state index in [4.69, 9.17) is 0 Å². The van der Waals surface area contributed by atoms with Crippen LogP contribution in [0.15, 0.2) is 85.1 Å². The van der Waals surface area contributed by atoms with E-state index in [1.165, 1.54) is 4.68 Å². The summed E-state index contributed by atoms with van der Waals surface area (Å²) in [6.45, 7) is 0.737. The molecule has 1 N–H and O–H groups in total. The van der Waals surface area contributed by atoms with Crippen molar-refractivity contribution >= 4 is 6.03 Å². The van der Waals surface area contributed by atoms with Gasteiger partial charge in [-0.3, -0.25) is 0 Å². The lowest BCUT2D eigenvalue weighted by molar-refractivity contribution is 0.149. The van der Waals surface area contributed by atoms with Gasteiger partial charge >= 0.3 is 6.03 Å². The van der Waals surface area contributed by atoms with Crippen LogP contribution in [0, 0.1) is 0 Å². The van der Waals surface area contributed by atoms with E-state index in [0.717, 1.165) is 53.6 Å². The molecule has 0 spiro atoms. The number of hydrogen-bond donors (Lipinski definition) is 1. The topological polar surface area (TPSA) is 71.2 Å². The highest BCUT2D eigenvalue weighted by atomic mass is 16.3. The van der Waals surface area contributed by atoms with Crippen LogP contribution >= 0.6 is 0 Å². The molecule has 0 bridgehead atoms. The number of aliphatic hydroxyl groups excluding tert-OH is 1. The molecule has 5 rings (SSSR count). The number of nitrogens with zero attached hydrogens (tertiary/aromatic N) is 4. The molecule has 1 saturated heterocycles. The van der Waals surface area contributed by atoms with Crippen LogP contribution in [0.25, 0.3) is 22.4 Å². The average Bonchev–Trinajstić information content (AvgIpc) is 3.39. The molecule has 4 aromatic rings. The number of aromatic nitrogens is 3. The van der Waals surface area contributed by atoms with E-state index in [9.17, 15) is 9.90 Å². The fraction of sp³-hybridized carbons (Fsp3) is 0.222. The van der Waals surface area contributed by atoms with E-state index in [1.54, 1.807) is 6.20 Å². The average molecular weight is 439 g/mol. The van der Waals surface area contributed by atoms with Crippen molar-refractivity contribution in [3.05, 3.63) is 96.2 Å². The molecule has 1 aromatic heterocycles. The molecule has 2 heterocycles. The van der Waals surface area contributed by atoms with Gasteiger partial charge < -0.3 is 10.0 Å². The Bertz CT molecular complexity index is 1230. The number of rotatable bonds is 4. The van der Waals surface area contributed by atoms with E-state index < -0.39 is 0 Å². The maximum Gasteiger partial charge on any atom is 0.346 e. The zero-order valence-corrected chi connectivity index (χ0v) is 18.3. The van der Waals surface area contributed by atoms with E-state index in [1.807, 2.05) is 71.6 Å². The van der Waals surface area contributed by atoms with Crippen LogP contribution in [0.3, 0.4) is 0 Å². The highest BCUT2D eigenvalue weighted by Crippen LogP contribution is 2.31. The van der Waals surface area contributed by atoms with Gasteiger partial charge in [-0.25, -0.2) is 4.79 Å². The molecular weight excluding hydrogens is 412 g/mol. The Morgan fingerprint density at radius 3 is 2.48 bits per heavy atom. The summed E-state index contributed by atoms with van der Waals surface area (Å²) < 4.78 is 1.36. The first-order valence-corrected chi connectivity index (χ1v) is 11.3. The van der Waals surface area contributed by atoms with Gasteiger partial charge in [0.1, 0.15) is 5.69 Å². The quantitative estimate of drug-likeness (QED) is 0.469. The summed E-state index contributed by atoms with van der Waals surface area (Å²) in [5.41, 5.74) is 5.69. The number of likely N-dealkylation sites (tertiary alicyclic amines) is 1. The van der Waals surface area contributed by atoms with Gasteiger partial charge in [0.2, 0.25) is 0 Å². The molecule has 1 aliphatic rings. The molecule has 1 amide bonds. The molecule has 166 valence electrons. The van der Waals surface area contributed by atoms with Crippen molar-refractivity contribution in [1.82, 2.24) is 19.9 Å². The second-order valence-electron chi connectivity index (χ2n) is 8.38. The van der Waals surface area contributed by atoms with Crippen molar-refractivity contribution in [2.24, 2.45) is 0 Å². The minimum Gasteiger partial charge on any atom is -0.392 e. The Hall–Kier alpha value is -3.77. The van der Waals surface area contributed by atoms with E-state index in [2.05, 4.69) is 22.4 Å². The van der Waals surface area contributed by atoms with Crippen LogP contribution in [0.4, 0.5) is 4.79 Å². The molecule has 1 atom stereocenters. The number of carbonyl (C=O) groups is 1. The Kier molecular flexibility index (Phi) is 6.00. The summed E-state index contributed by atoms with van der Waals surface area (Å²) in [4.78, 5) is 15.2. The third kappa shape index (κ3) is 4.43.